The van der Waals surface area contributed by atoms with Crippen LogP contribution in [0.4, 0.5) is 5.69 Å². The van der Waals surface area contributed by atoms with Crippen molar-refractivity contribution < 1.29 is 19.1 Å². The number of amides is 2. The van der Waals surface area contributed by atoms with Crippen molar-refractivity contribution in [3.05, 3.63) is 101 Å². The number of halogens is 1. The minimum absolute atomic E-state index is 0.416. The van der Waals surface area contributed by atoms with Gasteiger partial charge in [-0.1, -0.05) is 64.5 Å². The van der Waals surface area contributed by atoms with E-state index in [4.69, 9.17) is 4.74 Å². The zero-order chi connectivity index (χ0) is 21.3. The molecule has 2 amide bonds. The van der Waals surface area contributed by atoms with E-state index in [1.54, 1.807) is 84.9 Å². The largest absolute Gasteiger partial charge is 0.454 e. The molecule has 6 nitrogen and oxygen atoms in total. The smallest absolute Gasteiger partial charge is 0.333 e. The minimum Gasteiger partial charge on any atom is -0.454 e. The first-order chi connectivity index (χ1) is 14.5. The van der Waals surface area contributed by atoms with Gasteiger partial charge in [0, 0.05) is 15.7 Å². The van der Waals surface area contributed by atoms with E-state index in [1.165, 1.54) is 0 Å². The lowest BCUT2D eigenvalue weighted by molar-refractivity contribution is -0.149. The monoisotopic (exact) mass is 466 g/mol. The fraction of sp³-hybridized carbons (Fsp3) is 0.0870. The van der Waals surface area contributed by atoms with Crippen LogP contribution in [0, 0.1) is 0 Å². The van der Waals surface area contributed by atoms with Crippen LogP contribution < -0.4 is 10.6 Å². The Morgan fingerprint density at radius 2 is 1.43 bits per heavy atom. The summed E-state index contributed by atoms with van der Waals surface area (Å²) in [5.41, 5.74) is 1.55. The highest BCUT2D eigenvalue weighted by Crippen LogP contribution is 2.17. The van der Waals surface area contributed by atoms with Gasteiger partial charge in [-0.3, -0.25) is 9.59 Å². The highest BCUT2D eigenvalue weighted by molar-refractivity contribution is 9.10. The maximum absolute atomic E-state index is 12.7. The SMILES string of the molecule is O=C(COC(=O)C(NC(=O)c1ccccc1)c1ccccc1)Nc1ccc(Br)cc1. The molecule has 0 aliphatic rings. The molecular formula is C23H19BrN2O4. The van der Waals surface area contributed by atoms with E-state index in [0.29, 0.717) is 16.8 Å². The molecule has 0 fully saturated rings. The Morgan fingerprint density at radius 1 is 0.833 bits per heavy atom. The molecule has 3 aromatic rings. The Hall–Kier alpha value is -3.45. The summed E-state index contributed by atoms with van der Waals surface area (Å²) in [6, 6.07) is 23.2. The second-order valence-corrected chi connectivity index (χ2v) is 7.26. The summed E-state index contributed by atoms with van der Waals surface area (Å²) in [5, 5.41) is 5.32. The minimum atomic E-state index is -1.04. The second-order valence-electron chi connectivity index (χ2n) is 6.35. The Labute approximate surface area is 182 Å². The maximum atomic E-state index is 12.7. The molecule has 0 aromatic heterocycles. The normalized spacial score (nSPS) is 11.2. The molecule has 1 atom stereocenters. The zero-order valence-corrected chi connectivity index (χ0v) is 17.5. The van der Waals surface area contributed by atoms with Gasteiger partial charge in [0.2, 0.25) is 0 Å². The number of ether oxygens (including phenoxy) is 1. The maximum Gasteiger partial charge on any atom is 0.333 e. The first-order valence-corrected chi connectivity index (χ1v) is 9.95. The number of esters is 1. The number of hydrogen-bond donors (Lipinski definition) is 2. The first kappa shape index (κ1) is 21.3. The molecule has 0 radical (unpaired) electrons. The lowest BCUT2D eigenvalue weighted by Gasteiger charge is -2.18. The van der Waals surface area contributed by atoms with Crippen LogP contribution in [0.25, 0.3) is 0 Å². The van der Waals surface area contributed by atoms with Gasteiger partial charge in [0.25, 0.3) is 11.8 Å². The highest BCUT2D eigenvalue weighted by Gasteiger charge is 2.25. The van der Waals surface area contributed by atoms with E-state index in [2.05, 4.69) is 26.6 Å². The van der Waals surface area contributed by atoms with E-state index in [-0.39, 0.29) is 0 Å². The number of nitrogens with one attached hydrogen (secondary N) is 2. The average molecular weight is 467 g/mol. The first-order valence-electron chi connectivity index (χ1n) is 9.16. The Balaban J connectivity index is 1.65. The molecule has 0 saturated carbocycles. The molecule has 0 bridgehead atoms. The van der Waals surface area contributed by atoms with Crippen molar-refractivity contribution >= 4 is 39.4 Å². The summed E-state index contributed by atoms with van der Waals surface area (Å²) < 4.78 is 6.06. The zero-order valence-electron chi connectivity index (χ0n) is 15.9. The quantitative estimate of drug-likeness (QED) is 0.513. The fourth-order valence-corrected chi connectivity index (χ4v) is 2.94. The van der Waals surface area contributed by atoms with Gasteiger partial charge in [-0.2, -0.15) is 0 Å². The molecule has 0 heterocycles. The van der Waals surface area contributed by atoms with Gasteiger partial charge >= 0.3 is 5.97 Å². The Morgan fingerprint density at radius 3 is 2.07 bits per heavy atom. The third-order valence-electron chi connectivity index (χ3n) is 4.15. The number of hydrogen-bond acceptors (Lipinski definition) is 4. The molecular weight excluding hydrogens is 448 g/mol. The lowest BCUT2D eigenvalue weighted by Crippen LogP contribution is -2.36. The van der Waals surface area contributed by atoms with Gasteiger partial charge in [-0.25, -0.2) is 4.79 Å². The third kappa shape index (κ3) is 6.02. The van der Waals surface area contributed by atoms with Gasteiger partial charge in [0.05, 0.1) is 0 Å². The van der Waals surface area contributed by atoms with Gasteiger partial charge in [0.1, 0.15) is 0 Å². The van der Waals surface area contributed by atoms with Gasteiger partial charge < -0.3 is 15.4 Å². The number of rotatable bonds is 7. The molecule has 7 heteroatoms. The molecule has 0 aliphatic heterocycles. The Kier molecular flexibility index (Phi) is 7.34. The topological polar surface area (TPSA) is 84.5 Å². The lowest BCUT2D eigenvalue weighted by atomic mass is 10.1. The molecule has 2 N–H and O–H groups in total. The van der Waals surface area contributed by atoms with Crippen molar-refractivity contribution in [3.63, 3.8) is 0 Å². The van der Waals surface area contributed by atoms with Gasteiger partial charge in [-0.15, -0.1) is 0 Å². The predicted octanol–water partition coefficient (Wildman–Crippen LogP) is 4.10. The molecule has 0 aliphatic carbocycles. The van der Waals surface area contributed by atoms with E-state index in [1.807, 2.05) is 0 Å². The summed E-state index contributed by atoms with van der Waals surface area (Å²) in [4.78, 5) is 37.3. The van der Waals surface area contributed by atoms with Crippen LogP contribution in [0.1, 0.15) is 22.0 Å². The standard InChI is InChI=1S/C23H19BrN2O4/c24-18-11-13-19(14-12-18)25-20(27)15-30-23(29)21(16-7-3-1-4-8-16)26-22(28)17-9-5-2-6-10-17/h1-14,21H,15H2,(H,25,27)(H,26,28). The van der Waals surface area contributed by atoms with Crippen LogP contribution in [0.2, 0.25) is 0 Å². The van der Waals surface area contributed by atoms with Crippen molar-refractivity contribution in [2.45, 2.75) is 6.04 Å². The average Bonchev–Trinajstić information content (AvgIpc) is 2.78. The fourth-order valence-electron chi connectivity index (χ4n) is 2.68. The molecule has 152 valence electrons. The van der Waals surface area contributed by atoms with Crippen LogP contribution in [-0.4, -0.2) is 24.4 Å². The van der Waals surface area contributed by atoms with E-state index >= 15 is 0 Å². The van der Waals surface area contributed by atoms with Crippen molar-refractivity contribution in [1.29, 1.82) is 0 Å². The highest BCUT2D eigenvalue weighted by atomic mass is 79.9. The van der Waals surface area contributed by atoms with Crippen molar-refractivity contribution in [2.24, 2.45) is 0 Å². The number of anilines is 1. The van der Waals surface area contributed by atoms with Crippen LogP contribution in [0.5, 0.6) is 0 Å². The summed E-state index contributed by atoms with van der Waals surface area (Å²) in [5.74, 6) is -1.62. The van der Waals surface area contributed by atoms with Crippen LogP contribution in [0.3, 0.4) is 0 Å². The molecule has 1 unspecified atom stereocenters. The summed E-state index contributed by atoms with van der Waals surface area (Å²) in [6.07, 6.45) is 0. The molecule has 3 aromatic carbocycles. The summed E-state index contributed by atoms with van der Waals surface area (Å²) in [6.45, 7) is -0.473. The summed E-state index contributed by atoms with van der Waals surface area (Å²) >= 11 is 3.32. The number of carbonyl (C=O) groups excluding carboxylic acids is 3. The van der Waals surface area contributed by atoms with Crippen molar-refractivity contribution in [1.82, 2.24) is 5.32 Å². The number of benzene rings is 3. The van der Waals surface area contributed by atoms with Gasteiger partial charge in [-0.05, 0) is 42.0 Å². The predicted molar refractivity (Wildman–Crippen MR) is 117 cm³/mol. The second kappa shape index (κ2) is 10.4. The molecule has 0 spiro atoms. The van der Waals surface area contributed by atoms with E-state index < -0.39 is 30.4 Å². The van der Waals surface area contributed by atoms with Crippen molar-refractivity contribution in [3.8, 4) is 0 Å². The van der Waals surface area contributed by atoms with E-state index in [9.17, 15) is 14.4 Å². The molecule has 3 rings (SSSR count). The van der Waals surface area contributed by atoms with Gasteiger partial charge in [0.15, 0.2) is 12.6 Å². The van der Waals surface area contributed by atoms with E-state index in [0.717, 1.165) is 4.47 Å². The third-order valence-corrected chi connectivity index (χ3v) is 4.68. The Bertz CT molecular complexity index is 1010. The molecule has 30 heavy (non-hydrogen) atoms. The summed E-state index contributed by atoms with van der Waals surface area (Å²) in [7, 11) is 0. The molecule has 0 saturated heterocycles. The van der Waals surface area contributed by atoms with Crippen LogP contribution in [0.15, 0.2) is 89.4 Å². The van der Waals surface area contributed by atoms with Crippen LogP contribution in [-0.2, 0) is 14.3 Å². The van der Waals surface area contributed by atoms with Crippen molar-refractivity contribution in [2.75, 3.05) is 11.9 Å². The van der Waals surface area contributed by atoms with Crippen LogP contribution >= 0.6 is 15.9 Å². The number of carbonyl (C=O) groups is 3.